The maximum Gasteiger partial charge on any atom is 0.164 e. The molecule has 0 radical (unpaired) electrons. The van der Waals surface area contributed by atoms with E-state index in [4.69, 9.17) is 44.9 Å². The Hall–Kier alpha value is -19.6. The van der Waals surface area contributed by atoms with Crippen LogP contribution in [0.2, 0.25) is 0 Å². The quantitative estimate of drug-likeness (QED) is 0.0872. The zero-order valence-corrected chi connectivity index (χ0v) is 79.4. The summed E-state index contributed by atoms with van der Waals surface area (Å²) in [5.41, 5.74) is 25.0. The van der Waals surface area contributed by atoms with E-state index in [9.17, 15) is 0 Å². The molecule has 0 unspecified atom stereocenters. The minimum Gasteiger partial charge on any atom is -0.208 e. The van der Waals surface area contributed by atoms with Crippen molar-refractivity contribution >= 4 is 86.2 Å². The van der Waals surface area contributed by atoms with Crippen molar-refractivity contribution in [2.75, 3.05) is 0 Å². The van der Waals surface area contributed by atoms with Crippen molar-refractivity contribution < 1.29 is 0 Å². The van der Waals surface area contributed by atoms with Gasteiger partial charge in [-0.25, -0.2) is 44.9 Å². The van der Waals surface area contributed by atoms with Gasteiger partial charge in [0.1, 0.15) is 0 Å². The van der Waals surface area contributed by atoms with Crippen molar-refractivity contribution in [2.45, 2.75) is 0 Å². The van der Waals surface area contributed by atoms with E-state index in [1.54, 1.807) is 0 Å². The molecule has 27 aromatic rings. The van der Waals surface area contributed by atoms with Gasteiger partial charge >= 0.3 is 0 Å². The van der Waals surface area contributed by atoms with Gasteiger partial charge in [0.05, 0.1) is 0 Å². The average Bonchev–Trinajstić information content (AvgIpc) is 0.747. The molecule has 0 atom stereocenters. The van der Waals surface area contributed by atoms with Crippen LogP contribution in [0.5, 0.6) is 0 Å². The summed E-state index contributed by atoms with van der Waals surface area (Å²) in [6.07, 6.45) is 0. The summed E-state index contributed by atoms with van der Waals surface area (Å²) >= 11 is 0. The molecule has 3 heterocycles. The Labute approximate surface area is 845 Å². The van der Waals surface area contributed by atoms with Crippen LogP contribution in [-0.2, 0) is 0 Å². The zero-order valence-electron chi connectivity index (χ0n) is 79.4. The fourth-order valence-electron chi connectivity index (χ4n) is 20.0. The fraction of sp³-hybridized carbons (Fsp3) is 0. The Kier molecular flexibility index (Phi) is 23.6. The molecular weight excluding hydrogens is 1770 g/mol. The summed E-state index contributed by atoms with van der Waals surface area (Å²) < 4.78 is 0. The highest BCUT2D eigenvalue weighted by Crippen LogP contribution is 2.43. The van der Waals surface area contributed by atoms with Gasteiger partial charge in [0.15, 0.2) is 52.4 Å². The first-order valence-electron chi connectivity index (χ1n) is 49.2. The Morgan fingerprint density at radius 3 is 0.712 bits per heavy atom. The number of rotatable bonds is 16. The van der Waals surface area contributed by atoms with E-state index < -0.39 is 0 Å². The van der Waals surface area contributed by atoms with Crippen molar-refractivity contribution in [2.24, 2.45) is 0 Å². The monoisotopic (exact) mass is 1860 g/mol. The first kappa shape index (κ1) is 87.9. The Bertz CT molecular complexity index is 9550. The molecule has 24 aromatic carbocycles. The number of hydrogen-bond acceptors (Lipinski definition) is 9. The molecule has 27 rings (SSSR count). The summed E-state index contributed by atoms with van der Waals surface area (Å²) in [6, 6.07) is 189. The zero-order chi connectivity index (χ0) is 97.0. The third kappa shape index (κ3) is 18.0. The molecule has 0 aliphatic heterocycles. The first-order chi connectivity index (χ1) is 72.3. The molecule has 0 aliphatic carbocycles. The molecule has 9 nitrogen and oxygen atoms in total. The lowest BCUT2D eigenvalue weighted by Gasteiger charge is -2.14. The number of nitrogens with zero attached hydrogens (tertiary/aromatic N) is 9. The van der Waals surface area contributed by atoms with E-state index in [0.717, 1.165) is 116 Å². The summed E-state index contributed by atoms with van der Waals surface area (Å²) in [6.45, 7) is 0. The van der Waals surface area contributed by atoms with Gasteiger partial charge < -0.3 is 0 Å². The maximum absolute atomic E-state index is 5.25. The molecular formula is C137H89N9. The fourth-order valence-corrected chi connectivity index (χ4v) is 20.0. The highest BCUT2D eigenvalue weighted by Gasteiger charge is 2.23. The van der Waals surface area contributed by atoms with Crippen molar-refractivity contribution in [3.05, 3.63) is 540 Å². The number of hydrogen-bond donors (Lipinski definition) is 0. The van der Waals surface area contributed by atoms with E-state index in [-0.39, 0.29) is 0 Å². The topological polar surface area (TPSA) is 116 Å². The van der Waals surface area contributed by atoms with Gasteiger partial charge in [-0.1, -0.05) is 510 Å². The van der Waals surface area contributed by atoms with Crippen LogP contribution in [0.15, 0.2) is 540 Å². The smallest absolute Gasteiger partial charge is 0.164 e. The average molecular weight is 1860 g/mol. The number of aromatic nitrogens is 9. The standard InChI is InChI=1S/C47H31N3.2C45H29N3/c1-3-9-32(10-4-1)34-15-17-36(18-16-34)37-21-26-40(27-22-37)46-48-45(39-24-19-35(20-25-39)33-11-5-2-6-12-33)49-47(50-46)42-29-30-44-41(31-42)28-23-38-13-7-8-14-43(38)44;1-3-13-30(14-4-1)31-25-27-33(28-26-31)43-46-44(41-24-12-22-38-35(21-11-23-39(38)41)32-15-5-2-6-16-32)48-45(47-43)42-29-34-17-7-8-18-36(34)37-19-9-10-20-40(37)42;1-2-9-30(10-3-1)36-14-8-15-37(27-36)32-17-21-34(22-18-32)43-46-44(39-24-19-31-11-4-5-13-35(31)28-39)48-45(47-43)40-25-26-42-38(29-40)23-20-33-12-6-7-16-41(33)42/h1-31H;2*1-29H. The second-order valence-electron chi connectivity index (χ2n) is 36.6. The van der Waals surface area contributed by atoms with E-state index >= 15 is 0 Å². The van der Waals surface area contributed by atoms with Crippen LogP contribution in [0, 0.1) is 0 Å². The Morgan fingerprint density at radius 1 is 0.0822 bits per heavy atom. The van der Waals surface area contributed by atoms with Gasteiger partial charge in [0.2, 0.25) is 0 Å². The highest BCUT2D eigenvalue weighted by molar-refractivity contribution is 6.14. The minimum absolute atomic E-state index is 0.640. The lowest BCUT2D eigenvalue weighted by Crippen LogP contribution is -2.01. The first-order valence-corrected chi connectivity index (χ1v) is 49.2. The molecule has 0 spiro atoms. The molecule has 0 saturated heterocycles. The van der Waals surface area contributed by atoms with Crippen LogP contribution in [0.3, 0.4) is 0 Å². The Morgan fingerprint density at radius 2 is 0.295 bits per heavy atom. The number of fused-ring (bicyclic) bond motifs is 11. The molecule has 0 amide bonds. The van der Waals surface area contributed by atoms with Gasteiger partial charge in [-0.05, 0) is 194 Å². The van der Waals surface area contributed by atoms with Crippen molar-refractivity contribution in [3.8, 4) is 180 Å². The second kappa shape index (κ2) is 39.2. The third-order valence-electron chi connectivity index (χ3n) is 27.6. The van der Waals surface area contributed by atoms with E-state index in [1.165, 1.54) is 98.5 Å². The third-order valence-corrected chi connectivity index (χ3v) is 27.6. The van der Waals surface area contributed by atoms with Crippen LogP contribution in [0.25, 0.3) is 267 Å². The lowest BCUT2D eigenvalue weighted by atomic mass is 9.95. The SMILES string of the molecule is c1ccc(-c2ccc(-c3ccc(-c4nc(-c5ccc(-c6ccccc6)cc5)nc(-c5ccc6c(ccc7ccccc76)c5)n4)cc3)cc2)cc1.c1ccc(-c2ccc(-c3nc(-c4cccc5c(-c6ccccc6)cccc45)nc(-c4cc5ccccc5c5ccccc45)n3)cc2)cc1.c1ccc(-c2cccc(-c3ccc(-c4nc(-c5ccc6ccccc6c5)nc(-c5ccc6c(ccc7ccccc76)c5)n4)cc3)c2)cc1. The predicted molar refractivity (Wildman–Crippen MR) is 607 cm³/mol. The normalized spacial score (nSPS) is 11.3. The Balaban J connectivity index is 0.000000114. The van der Waals surface area contributed by atoms with Crippen molar-refractivity contribution in [1.29, 1.82) is 0 Å². The molecule has 0 N–H and O–H groups in total. The van der Waals surface area contributed by atoms with Crippen molar-refractivity contribution in [3.63, 3.8) is 0 Å². The molecule has 0 bridgehead atoms. The second-order valence-corrected chi connectivity index (χ2v) is 36.6. The van der Waals surface area contributed by atoms with E-state index in [0.29, 0.717) is 52.4 Å². The molecule has 9 heteroatoms. The maximum atomic E-state index is 5.25. The number of benzene rings is 24. The van der Waals surface area contributed by atoms with Gasteiger partial charge in [-0.15, -0.1) is 0 Å². The van der Waals surface area contributed by atoms with E-state index in [1.807, 2.05) is 24.3 Å². The van der Waals surface area contributed by atoms with Crippen molar-refractivity contribution in [1.82, 2.24) is 44.9 Å². The summed E-state index contributed by atoms with van der Waals surface area (Å²) in [5.74, 6) is 5.82. The predicted octanol–water partition coefficient (Wildman–Crippen LogP) is 35.5. The highest BCUT2D eigenvalue weighted by atomic mass is 15.1. The molecule has 682 valence electrons. The van der Waals surface area contributed by atoms with Crippen LogP contribution >= 0.6 is 0 Å². The molecule has 0 saturated carbocycles. The van der Waals surface area contributed by atoms with Gasteiger partial charge in [0.25, 0.3) is 0 Å². The molecule has 0 fully saturated rings. The molecule has 0 aliphatic rings. The molecule has 3 aromatic heterocycles. The summed E-state index contributed by atoms with van der Waals surface area (Å²) in [7, 11) is 0. The van der Waals surface area contributed by atoms with E-state index in [2.05, 4.69) is 516 Å². The largest absolute Gasteiger partial charge is 0.208 e. The summed E-state index contributed by atoms with van der Waals surface area (Å²) in [5, 5.41) is 18.9. The van der Waals surface area contributed by atoms with Gasteiger partial charge in [-0.2, -0.15) is 0 Å². The lowest BCUT2D eigenvalue weighted by molar-refractivity contribution is 1.07. The summed E-state index contributed by atoms with van der Waals surface area (Å²) in [4.78, 5) is 45.9. The van der Waals surface area contributed by atoms with Crippen LogP contribution in [-0.4, -0.2) is 44.9 Å². The van der Waals surface area contributed by atoms with Gasteiger partial charge in [0, 0.05) is 50.1 Å². The minimum atomic E-state index is 0.640. The molecule has 146 heavy (non-hydrogen) atoms. The van der Waals surface area contributed by atoms with Crippen LogP contribution in [0.4, 0.5) is 0 Å². The van der Waals surface area contributed by atoms with Crippen LogP contribution < -0.4 is 0 Å². The van der Waals surface area contributed by atoms with Crippen LogP contribution in [0.1, 0.15) is 0 Å². The van der Waals surface area contributed by atoms with Gasteiger partial charge in [-0.3, -0.25) is 0 Å².